The first-order valence-electron chi connectivity index (χ1n) is 5.94. The van der Waals surface area contributed by atoms with Crippen molar-refractivity contribution in [3.05, 3.63) is 40.4 Å². The number of hydrogen-bond donors (Lipinski definition) is 0. The van der Waals surface area contributed by atoms with Crippen LogP contribution in [0.15, 0.2) is 30.4 Å². The molecule has 0 spiro atoms. The maximum absolute atomic E-state index is 11.8. The van der Waals surface area contributed by atoms with E-state index >= 15 is 0 Å². The summed E-state index contributed by atoms with van der Waals surface area (Å²) >= 11 is 11.8. The van der Waals surface area contributed by atoms with Crippen molar-refractivity contribution < 1.29 is 19.2 Å². The van der Waals surface area contributed by atoms with Crippen molar-refractivity contribution in [2.45, 2.75) is 19.9 Å². The quantitative estimate of drug-likeness (QED) is 0.472. The fourth-order valence-corrected chi connectivity index (χ4v) is 2.01. The highest BCUT2D eigenvalue weighted by Crippen LogP contribution is 2.29. The smallest absolute Gasteiger partial charge is 0.336 e. The molecule has 1 aromatic carbocycles. The predicted molar refractivity (Wildman–Crippen MR) is 80.2 cm³/mol. The monoisotopic (exact) mass is 331 g/mol. The van der Waals surface area contributed by atoms with Crippen molar-refractivity contribution in [1.29, 1.82) is 0 Å². The van der Waals surface area contributed by atoms with E-state index in [1.54, 1.807) is 13.0 Å². The molecule has 1 rings (SSSR count). The Kier molecular flexibility index (Phi) is 6.05. The predicted octanol–water partition coefficient (Wildman–Crippen LogP) is 3.25. The van der Waals surface area contributed by atoms with E-state index in [4.69, 9.17) is 28.0 Å². The summed E-state index contributed by atoms with van der Waals surface area (Å²) in [5.41, 5.74) is 0.391. The zero-order valence-electron chi connectivity index (χ0n) is 11.9. The van der Waals surface area contributed by atoms with Gasteiger partial charge in [-0.2, -0.15) is 5.06 Å². The molecule has 1 amide bonds. The average molecular weight is 332 g/mol. The standard InChI is InChI=1S/C14H15Cl2NO4/c1-8(2)13(14(19)20-4)17(9(3)18)21-12-6-5-10(15)7-11(12)16/h5-7,13H,1H2,2-4H3. The minimum absolute atomic E-state index is 0.186. The van der Waals surface area contributed by atoms with Crippen LogP contribution in [0.3, 0.4) is 0 Å². The first-order chi connectivity index (χ1) is 9.77. The lowest BCUT2D eigenvalue weighted by Crippen LogP contribution is -2.47. The molecule has 0 heterocycles. The maximum Gasteiger partial charge on any atom is 0.336 e. The van der Waals surface area contributed by atoms with Gasteiger partial charge in [-0.15, -0.1) is 0 Å². The fourth-order valence-electron chi connectivity index (χ4n) is 1.56. The minimum Gasteiger partial charge on any atom is -0.467 e. The molecule has 0 aliphatic heterocycles. The van der Waals surface area contributed by atoms with Gasteiger partial charge in [0.15, 0.2) is 11.8 Å². The van der Waals surface area contributed by atoms with Crippen LogP contribution in [0.4, 0.5) is 0 Å². The van der Waals surface area contributed by atoms with Gasteiger partial charge in [0.2, 0.25) is 0 Å². The SMILES string of the molecule is C=C(C)C(C(=O)OC)N(Oc1ccc(Cl)cc1Cl)C(C)=O. The average Bonchev–Trinajstić information content (AvgIpc) is 2.39. The largest absolute Gasteiger partial charge is 0.467 e. The first-order valence-corrected chi connectivity index (χ1v) is 6.69. The van der Waals surface area contributed by atoms with Crippen molar-refractivity contribution in [3.8, 4) is 5.75 Å². The summed E-state index contributed by atoms with van der Waals surface area (Å²) in [5.74, 6) is -0.978. The van der Waals surface area contributed by atoms with Gasteiger partial charge in [0.1, 0.15) is 0 Å². The molecule has 0 radical (unpaired) electrons. The second-order valence-corrected chi connectivity index (χ2v) is 5.13. The lowest BCUT2D eigenvalue weighted by molar-refractivity contribution is -0.174. The summed E-state index contributed by atoms with van der Waals surface area (Å²) in [6.45, 7) is 6.52. The summed E-state index contributed by atoms with van der Waals surface area (Å²) in [6, 6.07) is 3.44. The molecule has 0 bridgehead atoms. The second-order valence-electron chi connectivity index (χ2n) is 4.28. The third-order valence-corrected chi connectivity index (χ3v) is 3.06. The topological polar surface area (TPSA) is 55.8 Å². The van der Waals surface area contributed by atoms with Crippen LogP contribution >= 0.6 is 23.2 Å². The zero-order valence-corrected chi connectivity index (χ0v) is 13.4. The number of carbonyl (C=O) groups is 2. The molecular formula is C14H15Cl2NO4. The number of halogens is 2. The second kappa shape index (κ2) is 7.33. The van der Waals surface area contributed by atoms with Crippen LogP contribution in [-0.2, 0) is 14.3 Å². The third-order valence-electron chi connectivity index (χ3n) is 2.53. The summed E-state index contributed by atoms with van der Waals surface area (Å²) in [4.78, 5) is 29.0. The maximum atomic E-state index is 11.8. The summed E-state index contributed by atoms with van der Waals surface area (Å²) in [5, 5.41) is 1.49. The zero-order chi connectivity index (χ0) is 16.2. The van der Waals surface area contributed by atoms with Crippen molar-refractivity contribution in [1.82, 2.24) is 5.06 Å². The highest BCUT2D eigenvalue weighted by atomic mass is 35.5. The number of hydrogen-bond acceptors (Lipinski definition) is 4. The van der Waals surface area contributed by atoms with Gasteiger partial charge >= 0.3 is 5.97 Å². The van der Waals surface area contributed by atoms with Gasteiger partial charge < -0.3 is 9.57 Å². The molecule has 0 aliphatic carbocycles. The summed E-state index contributed by atoms with van der Waals surface area (Å²) in [7, 11) is 1.21. The van der Waals surface area contributed by atoms with Gasteiger partial charge in [-0.25, -0.2) is 4.79 Å². The number of esters is 1. The number of benzene rings is 1. The first kappa shape index (κ1) is 17.3. The fraction of sp³-hybridized carbons (Fsp3) is 0.286. The molecular weight excluding hydrogens is 317 g/mol. The third kappa shape index (κ3) is 4.37. The van der Waals surface area contributed by atoms with Gasteiger partial charge in [0.25, 0.3) is 5.91 Å². The molecule has 21 heavy (non-hydrogen) atoms. The van der Waals surface area contributed by atoms with Gasteiger partial charge in [-0.3, -0.25) is 4.79 Å². The molecule has 1 unspecified atom stereocenters. The van der Waals surface area contributed by atoms with Crippen LogP contribution in [0.5, 0.6) is 5.75 Å². The Balaban J connectivity index is 3.14. The van der Waals surface area contributed by atoms with Crippen LogP contribution in [0, 0.1) is 0 Å². The normalized spacial score (nSPS) is 11.5. The molecule has 0 aromatic heterocycles. The van der Waals surface area contributed by atoms with Gasteiger partial charge in [-0.1, -0.05) is 29.8 Å². The lowest BCUT2D eigenvalue weighted by Gasteiger charge is -2.28. The molecule has 1 atom stereocenters. The van der Waals surface area contributed by atoms with E-state index < -0.39 is 17.9 Å². The van der Waals surface area contributed by atoms with Crippen molar-refractivity contribution >= 4 is 35.1 Å². The van der Waals surface area contributed by atoms with Crippen LogP contribution in [-0.4, -0.2) is 30.1 Å². The Hall–Kier alpha value is -1.72. The molecule has 114 valence electrons. The van der Waals surface area contributed by atoms with Crippen molar-refractivity contribution in [2.24, 2.45) is 0 Å². The summed E-state index contributed by atoms with van der Waals surface area (Å²) < 4.78 is 4.66. The lowest BCUT2D eigenvalue weighted by atomic mass is 10.1. The molecule has 1 aromatic rings. The Morgan fingerprint density at radius 1 is 1.29 bits per heavy atom. The number of carbonyl (C=O) groups excluding carboxylic acids is 2. The van der Waals surface area contributed by atoms with E-state index in [1.807, 2.05) is 0 Å². The number of amides is 1. The number of ether oxygens (including phenoxy) is 1. The van der Waals surface area contributed by atoms with E-state index in [9.17, 15) is 9.59 Å². The van der Waals surface area contributed by atoms with Crippen molar-refractivity contribution in [2.75, 3.05) is 7.11 Å². The Morgan fingerprint density at radius 2 is 1.90 bits per heavy atom. The number of rotatable bonds is 5. The Bertz CT molecular complexity index is 574. The van der Waals surface area contributed by atoms with Crippen molar-refractivity contribution in [3.63, 3.8) is 0 Å². The molecule has 7 heteroatoms. The molecule has 0 saturated carbocycles. The molecule has 5 nitrogen and oxygen atoms in total. The minimum atomic E-state index is -1.07. The van der Waals surface area contributed by atoms with E-state index in [0.29, 0.717) is 10.6 Å². The van der Waals surface area contributed by atoms with Gasteiger partial charge in [0, 0.05) is 11.9 Å². The Labute approximate surface area is 133 Å². The molecule has 0 N–H and O–H groups in total. The highest BCUT2D eigenvalue weighted by Gasteiger charge is 2.32. The van der Waals surface area contributed by atoms with E-state index in [2.05, 4.69) is 11.3 Å². The number of methoxy groups -OCH3 is 1. The van der Waals surface area contributed by atoms with Gasteiger partial charge in [-0.05, 0) is 30.7 Å². The summed E-state index contributed by atoms with van der Waals surface area (Å²) in [6.07, 6.45) is 0. The number of hydroxylamine groups is 2. The van der Waals surface area contributed by atoms with E-state index in [0.717, 1.165) is 5.06 Å². The van der Waals surface area contributed by atoms with Gasteiger partial charge in [0.05, 0.1) is 12.1 Å². The van der Waals surface area contributed by atoms with E-state index in [-0.39, 0.29) is 10.8 Å². The van der Waals surface area contributed by atoms with Crippen LogP contribution in [0.1, 0.15) is 13.8 Å². The van der Waals surface area contributed by atoms with Crippen LogP contribution in [0.25, 0.3) is 0 Å². The van der Waals surface area contributed by atoms with E-state index in [1.165, 1.54) is 26.2 Å². The van der Waals surface area contributed by atoms with Crippen LogP contribution < -0.4 is 4.84 Å². The molecule has 0 fully saturated rings. The highest BCUT2D eigenvalue weighted by molar-refractivity contribution is 6.35. The molecule has 0 saturated heterocycles. The molecule has 0 aliphatic rings. The number of nitrogens with zero attached hydrogens (tertiary/aromatic N) is 1. The Morgan fingerprint density at radius 3 is 2.33 bits per heavy atom. The van der Waals surface area contributed by atoms with Crippen LogP contribution in [0.2, 0.25) is 10.0 Å².